The zero-order valence-electron chi connectivity index (χ0n) is 11.1. The Morgan fingerprint density at radius 3 is 2.72 bits per heavy atom. The summed E-state index contributed by atoms with van der Waals surface area (Å²) in [6.45, 7) is 1.51. The summed E-state index contributed by atoms with van der Waals surface area (Å²) >= 11 is 0. The molecule has 3 heteroatoms. The highest BCUT2D eigenvalue weighted by Gasteiger charge is 2.10. The zero-order chi connectivity index (χ0) is 12.8. The van der Waals surface area contributed by atoms with Crippen molar-refractivity contribution in [2.24, 2.45) is 0 Å². The van der Waals surface area contributed by atoms with Gasteiger partial charge in [-0.3, -0.25) is 4.79 Å². The Balaban J connectivity index is 1.91. The smallest absolute Gasteiger partial charge is 0.224 e. The van der Waals surface area contributed by atoms with Gasteiger partial charge >= 0.3 is 0 Å². The summed E-state index contributed by atoms with van der Waals surface area (Å²) in [6, 6.07) is 6.51. The van der Waals surface area contributed by atoms with Gasteiger partial charge in [-0.05, 0) is 49.4 Å². The third-order valence-electron chi connectivity index (χ3n) is 3.47. The molecule has 1 aliphatic carbocycles. The second-order valence-corrected chi connectivity index (χ2v) is 4.94. The SMILES string of the molecule is CNCCNC(=O)Cc1ccc2c(c1)CCCC2. The minimum absolute atomic E-state index is 0.112. The van der Waals surface area contributed by atoms with Crippen molar-refractivity contribution in [2.45, 2.75) is 32.1 Å². The summed E-state index contributed by atoms with van der Waals surface area (Å²) in [7, 11) is 1.88. The fourth-order valence-electron chi connectivity index (χ4n) is 2.47. The fraction of sp³-hybridized carbons (Fsp3) is 0.533. The Morgan fingerprint density at radius 2 is 1.94 bits per heavy atom. The van der Waals surface area contributed by atoms with Gasteiger partial charge in [-0.25, -0.2) is 0 Å². The van der Waals surface area contributed by atoms with E-state index in [4.69, 9.17) is 0 Å². The summed E-state index contributed by atoms with van der Waals surface area (Å²) in [5, 5.41) is 5.92. The minimum atomic E-state index is 0.112. The number of fused-ring (bicyclic) bond motifs is 1. The molecule has 0 fully saturated rings. The number of nitrogens with one attached hydrogen (secondary N) is 2. The summed E-state index contributed by atoms with van der Waals surface area (Å²) < 4.78 is 0. The first-order chi connectivity index (χ1) is 8.79. The molecule has 0 unspecified atom stereocenters. The van der Waals surface area contributed by atoms with Gasteiger partial charge in [0.1, 0.15) is 0 Å². The Hall–Kier alpha value is -1.35. The number of rotatable bonds is 5. The number of likely N-dealkylation sites (N-methyl/N-ethyl adjacent to an activating group) is 1. The van der Waals surface area contributed by atoms with Gasteiger partial charge in [-0.15, -0.1) is 0 Å². The first kappa shape index (κ1) is 13.1. The van der Waals surface area contributed by atoms with E-state index >= 15 is 0 Å². The van der Waals surface area contributed by atoms with Crippen LogP contribution in [0.1, 0.15) is 29.5 Å². The Bertz CT molecular complexity index is 415. The highest BCUT2D eigenvalue weighted by molar-refractivity contribution is 5.78. The molecule has 1 aliphatic rings. The molecule has 0 aliphatic heterocycles. The van der Waals surface area contributed by atoms with E-state index in [1.54, 1.807) is 0 Å². The quantitative estimate of drug-likeness (QED) is 0.772. The molecule has 0 spiro atoms. The van der Waals surface area contributed by atoms with Gasteiger partial charge in [0.25, 0.3) is 0 Å². The van der Waals surface area contributed by atoms with Crippen molar-refractivity contribution in [3.63, 3.8) is 0 Å². The van der Waals surface area contributed by atoms with Crippen LogP contribution in [0.25, 0.3) is 0 Å². The van der Waals surface area contributed by atoms with E-state index in [0.29, 0.717) is 13.0 Å². The van der Waals surface area contributed by atoms with E-state index in [-0.39, 0.29) is 5.91 Å². The second-order valence-electron chi connectivity index (χ2n) is 4.94. The highest BCUT2D eigenvalue weighted by atomic mass is 16.1. The topological polar surface area (TPSA) is 41.1 Å². The average molecular weight is 246 g/mol. The van der Waals surface area contributed by atoms with Crippen LogP contribution in [0.15, 0.2) is 18.2 Å². The van der Waals surface area contributed by atoms with Crippen molar-refractivity contribution in [1.82, 2.24) is 10.6 Å². The fourth-order valence-corrected chi connectivity index (χ4v) is 2.47. The van der Waals surface area contributed by atoms with Gasteiger partial charge < -0.3 is 10.6 Å². The van der Waals surface area contributed by atoms with Gasteiger partial charge in [-0.1, -0.05) is 18.2 Å². The summed E-state index contributed by atoms with van der Waals surface area (Å²) in [5.41, 5.74) is 4.06. The summed E-state index contributed by atoms with van der Waals surface area (Å²) in [6.07, 6.45) is 5.45. The molecule has 0 radical (unpaired) electrons. The van der Waals surface area contributed by atoms with Crippen LogP contribution in [0.2, 0.25) is 0 Å². The first-order valence-electron chi connectivity index (χ1n) is 6.81. The second kappa shape index (κ2) is 6.55. The van der Waals surface area contributed by atoms with Crippen LogP contribution in [0, 0.1) is 0 Å². The van der Waals surface area contributed by atoms with Crippen LogP contribution in [0.4, 0.5) is 0 Å². The predicted octanol–water partition coefficient (Wildman–Crippen LogP) is 1.44. The molecular weight excluding hydrogens is 224 g/mol. The monoisotopic (exact) mass is 246 g/mol. The van der Waals surface area contributed by atoms with Crippen molar-refractivity contribution < 1.29 is 4.79 Å². The maximum absolute atomic E-state index is 11.7. The molecule has 0 bridgehead atoms. The molecule has 2 N–H and O–H groups in total. The number of hydrogen-bond donors (Lipinski definition) is 2. The van der Waals surface area contributed by atoms with Crippen LogP contribution < -0.4 is 10.6 Å². The molecule has 0 saturated carbocycles. The molecule has 18 heavy (non-hydrogen) atoms. The number of carbonyl (C=O) groups excluding carboxylic acids is 1. The van der Waals surface area contributed by atoms with E-state index < -0.39 is 0 Å². The van der Waals surface area contributed by atoms with Crippen LogP contribution in [0.5, 0.6) is 0 Å². The average Bonchev–Trinajstić information content (AvgIpc) is 2.39. The lowest BCUT2D eigenvalue weighted by atomic mass is 9.90. The van der Waals surface area contributed by atoms with Gasteiger partial charge in [0.15, 0.2) is 0 Å². The molecule has 0 heterocycles. The standard InChI is InChI=1S/C15H22N2O/c1-16-8-9-17-15(18)11-12-6-7-13-4-2-3-5-14(13)10-12/h6-7,10,16H,2-5,8-9,11H2,1H3,(H,17,18). The van der Waals surface area contributed by atoms with E-state index in [2.05, 4.69) is 28.8 Å². The van der Waals surface area contributed by atoms with E-state index in [1.165, 1.54) is 36.8 Å². The number of amides is 1. The Labute approximate surface area is 109 Å². The van der Waals surface area contributed by atoms with Crippen molar-refractivity contribution in [3.8, 4) is 0 Å². The lowest BCUT2D eigenvalue weighted by molar-refractivity contribution is -0.120. The van der Waals surface area contributed by atoms with Crippen molar-refractivity contribution in [3.05, 3.63) is 34.9 Å². The normalized spacial score (nSPS) is 14.1. The van der Waals surface area contributed by atoms with Crippen molar-refractivity contribution in [2.75, 3.05) is 20.1 Å². The maximum atomic E-state index is 11.7. The van der Waals surface area contributed by atoms with E-state index in [0.717, 1.165) is 12.1 Å². The molecule has 0 aromatic heterocycles. The van der Waals surface area contributed by atoms with Gasteiger partial charge in [0.2, 0.25) is 5.91 Å². The van der Waals surface area contributed by atoms with Crippen LogP contribution in [-0.4, -0.2) is 26.0 Å². The lowest BCUT2D eigenvalue weighted by Crippen LogP contribution is -2.31. The van der Waals surface area contributed by atoms with Gasteiger partial charge in [-0.2, -0.15) is 0 Å². The highest BCUT2D eigenvalue weighted by Crippen LogP contribution is 2.22. The number of hydrogen-bond acceptors (Lipinski definition) is 2. The van der Waals surface area contributed by atoms with Crippen molar-refractivity contribution >= 4 is 5.91 Å². The molecule has 0 atom stereocenters. The zero-order valence-corrected chi connectivity index (χ0v) is 11.1. The predicted molar refractivity (Wildman–Crippen MR) is 73.7 cm³/mol. The molecule has 1 aromatic carbocycles. The number of carbonyl (C=O) groups is 1. The Morgan fingerprint density at radius 1 is 1.17 bits per heavy atom. The number of aryl methyl sites for hydroxylation is 2. The first-order valence-corrected chi connectivity index (χ1v) is 6.81. The van der Waals surface area contributed by atoms with E-state index in [9.17, 15) is 4.79 Å². The number of benzene rings is 1. The van der Waals surface area contributed by atoms with Gasteiger partial charge in [0.05, 0.1) is 6.42 Å². The molecule has 1 amide bonds. The molecule has 1 aromatic rings. The van der Waals surface area contributed by atoms with Crippen LogP contribution in [-0.2, 0) is 24.1 Å². The lowest BCUT2D eigenvalue weighted by Gasteiger charge is -2.16. The van der Waals surface area contributed by atoms with Crippen molar-refractivity contribution in [1.29, 1.82) is 0 Å². The summed E-state index contributed by atoms with van der Waals surface area (Å²) in [5.74, 6) is 0.112. The van der Waals surface area contributed by atoms with Gasteiger partial charge in [0, 0.05) is 13.1 Å². The Kier molecular flexibility index (Phi) is 4.76. The molecule has 0 saturated heterocycles. The third kappa shape index (κ3) is 3.57. The largest absolute Gasteiger partial charge is 0.355 e. The van der Waals surface area contributed by atoms with E-state index in [1.807, 2.05) is 7.05 Å². The maximum Gasteiger partial charge on any atom is 0.224 e. The molecule has 98 valence electrons. The third-order valence-corrected chi connectivity index (χ3v) is 3.47. The molecular formula is C15H22N2O. The summed E-state index contributed by atoms with van der Waals surface area (Å²) in [4.78, 5) is 11.7. The van der Waals surface area contributed by atoms with Crippen LogP contribution >= 0.6 is 0 Å². The minimum Gasteiger partial charge on any atom is -0.355 e. The van der Waals surface area contributed by atoms with Crippen LogP contribution in [0.3, 0.4) is 0 Å². The molecule has 2 rings (SSSR count). The molecule has 3 nitrogen and oxygen atoms in total.